The number of halogens is 1. The number of nitrogens with one attached hydrogen (secondary N) is 1. The molecule has 1 aliphatic heterocycles. The van der Waals surface area contributed by atoms with Crippen molar-refractivity contribution in [3.63, 3.8) is 0 Å². The van der Waals surface area contributed by atoms with Gasteiger partial charge in [-0.2, -0.15) is 0 Å². The van der Waals surface area contributed by atoms with Gasteiger partial charge in [0, 0.05) is 36.7 Å². The van der Waals surface area contributed by atoms with Gasteiger partial charge in [-0.05, 0) is 36.5 Å². The molecule has 122 valence electrons. The summed E-state index contributed by atoms with van der Waals surface area (Å²) in [6.45, 7) is 6.28. The van der Waals surface area contributed by atoms with Crippen LogP contribution >= 0.6 is 11.6 Å². The summed E-state index contributed by atoms with van der Waals surface area (Å²) in [5.41, 5.74) is 0.916. The van der Waals surface area contributed by atoms with Crippen LogP contribution in [0.25, 0.3) is 0 Å². The lowest BCUT2D eigenvalue weighted by atomic mass is 9.84. The Kier molecular flexibility index (Phi) is 5.70. The van der Waals surface area contributed by atoms with Crippen LogP contribution in [-0.2, 0) is 5.41 Å². The molecule has 4 nitrogen and oxygen atoms in total. The van der Waals surface area contributed by atoms with Gasteiger partial charge in [-0.1, -0.05) is 37.6 Å². The maximum atomic E-state index is 12.3. The number of nitrogens with zero attached hydrogens (tertiary/aromatic N) is 1. The first-order chi connectivity index (χ1) is 10.4. The molecule has 1 unspecified atom stereocenters. The van der Waals surface area contributed by atoms with Crippen LogP contribution in [0.3, 0.4) is 0 Å². The van der Waals surface area contributed by atoms with E-state index in [0.29, 0.717) is 18.1 Å². The quantitative estimate of drug-likeness (QED) is 0.894. The Morgan fingerprint density at radius 2 is 2.27 bits per heavy atom. The van der Waals surface area contributed by atoms with E-state index in [9.17, 15) is 9.90 Å². The van der Waals surface area contributed by atoms with E-state index >= 15 is 0 Å². The van der Waals surface area contributed by atoms with Crippen molar-refractivity contribution in [1.29, 1.82) is 0 Å². The molecule has 0 spiro atoms. The zero-order chi connectivity index (χ0) is 16.2. The SMILES string of the molecule is CC(C)(CNC(=O)N1CCCC(CO)C1)c1cccc(Cl)c1. The average molecular weight is 325 g/mol. The average Bonchev–Trinajstić information content (AvgIpc) is 2.52. The fourth-order valence-corrected chi connectivity index (χ4v) is 3.01. The molecule has 1 atom stereocenters. The maximum absolute atomic E-state index is 12.3. The van der Waals surface area contributed by atoms with Crippen LogP contribution in [0.1, 0.15) is 32.3 Å². The number of carbonyl (C=O) groups excluding carboxylic acids is 1. The monoisotopic (exact) mass is 324 g/mol. The number of carbonyl (C=O) groups is 1. The maximum Gasteiger partial charge on any atom is 0.317 e. The number of piperidine rings is 1. The Balaban J connectivity index is 1.92. The lowest BCUT2D eigenvalue weighted by Gasteiger charge is -2.33. The molecule has 1 aromatic rings. The smallest absolute Gasteiger partial charge is 0.317 e. The highest BCUT2D eigenvalue weighted by atomic mass is 35.5. The van der Waals surface area contributed by atoms with Crippen molar-refractivity contribution >= 4 is 17.6 Å². The summed E-state index contributed by atoms with van der Waals surface area (Å²) in [6.07, 6.45) is 1.95. The third-order valence-corrected chi connectivity index (χ3v) is 4.59. The van der Waals surface area contributed by atoms with Crippen LogP contribution in [0.4, 0.5) is 4.79 Å². The number of amides is 2. The highest BCUT2D eigenvalue weighted by Gasteiger charge is 2.26. The van der Waals surface area contributed by atoms with Crippen LogP contribution in [0.2, 0.25) is 5.02 Å². The van der Waals surface area contributed by atoms with E-state index < -0.39 is 0 Å². The van der Waals surface area contributed by atoms with Gasteiger partial charge in [0.15, 0.2) is 0 Å². The van der Waals surface area contributed by atoms with Crippen molar-refractivity contribution in [2.24, 2.45) is 5.92 Å². The second-order valence-corrected chi connectivity index (χ2v) is 7.13. The first-order valence-electron chi connectivity index (χ1n) is 7.82. The Hall–Kier alpha value is -1.26. The predicted molar refractivity (Wildman–Crippen MR) is 89.3 cm³/mol. The highest BCUT2D eigenvalue weighted by molar-refractivity contribution is 6.30. The van der Waals surface area contributed by atoms with Crippen LogP contribution in [0, 0.1) is 5.92 Å². The van der Waals surface area contributed by atoms with Crippen molar-refractivity contribution in [3.8, 4) is 0 Å². The Morgan fingerprint density at radius 1 is 1.50 bits per heavy atom. The minimum Gasteiger partial charge on any atom is -0.396 e. The number of aliphatic hydroxyl groups excluding tert-OH is 1. The molecule has 2 N–H and O–H groups in total. The van der Waals surface area contributed by atoms with Gasteiger partial charge in [-0.15, -0.1) is 0 Å². The topological polar surface area (TPSA) is 52.6 Å². The lowest BCUT2D eigenvalue weighted by Crippen LogP contribution is -2.48. The largest absolute Gasteiger partial charge is 0.396 e. The lowest BCUT2D eigenvalue weighted by molar-refractivity contribution is 0.129. The molecule has 1 aromatic carbocycles. The molecule has 0 radical (unpaired) electrons. The number of rotatable bonds is 4. The molecule has 0 aliphatic carbocycles. The summed E-state index contributed by atoms with van der Waals surface area (Å²) in [5, 5.41) is 13.0. The van der Waals surface area contributed by atoms with Crippen LogP contribution in [0.15, 0.2) is 24.3 Å². The van der Waals surface area contributed by atoms with E-state index in [2.05, 4.69) is 19.2 Å². The van der Waals surface area contributed by atoms with Crippen molar-refractivity contribution < 1.29 is 9.90 Å². The van der Waals surface area contributed by atoms with Crippen LogP contribution < -0.4 is 5.32 Å². The fraction of sp³-hybridized carbons (Fsp3) is 0.588. The number of hydrogen-bond acceptors (Lipinski definition) is 2. The van der Waals surface area contributed by atoms with Gasteiger partial charge in [-0.25, -0.2) is 4.79 Å². The van der Waals surface area contributed by atoms with Crippen molar-refractivity contribution in [3.05, 3.63) is 34.9 Å². The summed E-state index contributed by atoms with van der Waals surface area (Å²) in [6, 6.07) is 7.70. The molecule has 2 rings (SSSR count). The van der Waals surface area contributed by atoms with Gasteiger partial charge < -0.3 is 15.3 Å². The van der Waals surface area contributed by atoms with Gasteiger partial charge in [0.25, 0.3) is 0 Å². The second kappa shape index (κ2) is 7.34. The molecular formula is C17H25ClN2O2. The van der Waals surface area contributed by atoms with Crippen molar-refractivity contribution in [2.45, 2.75) is 32.1 Å². The molecule has 1 heterocycles. The number of hydrogen-bond donors (Lipinski definition) is 2. The predicted octanol–water partition coefficient (Wildman–Crippen LogP) is 3.03. The fourth-order valence-electron chi connectivity index (χ4n) is 2.82. The number of aliphatic hydroxyl groups is 1. The molecule has 2 amide bonds. The molecule has 0 saturated carbocycles. The highest BCUT2D eigenvalue weighted by Crippen LogP contribution is 2.25. The first-order valence-corrected chi connectivity index (χ1v) is 8.20. The van der Waals surface area contributed by atoms with Gasteiger partial charge in [0.1, 0.15) is 0 Å². The molecule has 0 aromatic heterocycles. The van der Waals surface area contributed by atoms with E-state index in [4.69, 9.17) is 11.6 Å². The van der Waals surface area contributed by atoms with Gasteiger partial charge >= 0.3 is 6.03 Å². The Morgan fingerprint density at radius 3 is 2.95 bits per heavy atom. The van der Waals surface area contributed by atoms with Gasteiger partial charge in [0.2, 0.25) is 0 Å². The van der Waals surface area contributed by atoms with E-state index in [1.54, 1.807) is 4.90 Å². The summed E-state index contributed by atoms with van der Waals surface area (Å²) < 4.78 is 0. The van der Waals surface area contributed by atoms with E-state index in [1.165, 1.54) is 0 Å². The normalized spacial score (nSPS) is 19.1. The van der Waals surface area contributed by atoms with E-state index in [1.807, 2.05) is 24.3 Å². The van der Waals surface area contributed by atoms with Crippen molar-refractivity contribution in [1.82, 2.24) is 10.2 Å². The Bertz CT molecular complexity index is 519. The third-order valence-electron chi connectivity index (χ3n) is 4.35. The minimum atomic E-state index is -0.188. The zero-order valence-electron chi connectivity index (χ0n) is 13.3. The zero-order valence-corrected chi connectivity index (χ0v) is 14.1. The summed E-state index contributed by atoms with van der Waals surface area (Å²) in [7, 11) is 0. The molecule has 22 heavy (non-hydrogen) atoms. The Labute approximate surface area is 137 Å². The van der Waals surface area contributed by atoms with Gasteiger partial charge in [-0.3, -0.25) is 0 Å². The van der Waals surface area contributed by atoms with Crippen LogP contribution in [0.5, 0.6) is 0 Å². The van der Waals surface area contributed by atoms with Gasteiger partial charge in [0.05, 0.1) is 0 Å². The minimum absolute atomic E-state index is 0.0479. The number of likely N-dealkylation sites (tertiary alicyclic amines) is 1. The van der Waals surface area contributed by atoms with E-state index in [-0.39, 0.29) is 24.0 Å². The third kappa shape index (κ3) is 4.37. The molecule has 1 fully saturated rings. The summed E-state index contributed by atoms with van der Waals surface area (Å²) in [5.74, 6) is 0.209. The summed E-state index contributed by atoms with van der Waals surface area (Å²) >= 11 is 6.05. The molecule has 5 heteroatoms. The molecule has 1 saturated heterocycles. The molecular weight excluding hydrogens is 300 g/mol. The second-order valence-electron chi connectivity index (χ2n) is 6.69. The molecule has 0 bridgehead atoms. The number of urea groups is 1. The first kappa shape index (κ1) is 17.1. The van der Waals surface area contributed by atoms with Crippen LogP contribution in [-0.4, -0.2) is 42.3 Å². The molecule has 1 aliphatic rings. The standard InChI is InChI=1S/C17H25ClN2O2/c1-17(2,14-6-3-7-15(18)9-14)12-19-16(22)20-8-4-5-13(10-20)11-21/h3,6-7,9,13,21H,4-5,8,10-12H2,1-2H3,(H,19,22). The van der Waals surface area contributed by atoms with Crippen molar-refractivity contribution in [2.75, 3.05) is 26.2 Å². The number of benzene rings is 1. The van der Waals surface area contributed by atoms with E-state index in [0.717, 1.165) is 24.9 Å². The summed E-state index contributed by atoms with van der Waals surface area (Å²) in [4.78, 5) is 14.1.